The van der Waals surface area contributed by atoms with Gasteiger partial charge in [-0.05, 0) is 25.7 Å². The summed E-state index contributed by atoms with van der Waals surface area (Å²) in [6, 6.07) is 0.205. The number of carbonyl (C=O) groups is 2. The molecule has 0 bridgehead atoms. The van der Waals surface area contributed by atoms with Gasteiger partial charge in [-0.3, -0.25) is 4.79 Å². The Labute approximate surface area is 94.8 Å². The molecule has 5 nitrogen and oxygen atoms in total. The van der Waals surface area contributed by atoms with Crippen molar-refractivity contribution in [1.29, 1.82) is 0 Å². The zero-order chi connectivity index (χ0) is 11.5. The number of nitrogens with zero attached hydrogens (tertiary/aromatic N) is 1. The fourth-order valence-corrected chi connectivity index (χ4v) is 2.23. The van der Waals surface area contributed by atoms with Crippen LogP contribution in [0.4, 0.5) is 4.79 Å². The number of rotatable bonds is 4. The predicted molar refractivity (Wildman–Crippen MR) is 58.2 cm³/mol. The minimum absolute atomic E-state index is 0.150. The maximum Gasteiger partial charge on any atom is 0.323 e. The monoisotopic (exact) mass is 226 g/mol. The van der Waals surface area contributed by atoms with E-state index < -0.39 is 5.97 Å². The van der Waals surface area contributed by atoms with Crippen LogP contribution in [0.25, 0.3) is 0 Å². The Morgan fingerprint density at radius 1 is 1.19 bits per heavy atom. The summed E-state index contributed by atoms with van der Waals surface area (Å²) in [5, 5.41) is 11.7. The molecule has 0 spiro atoms. The van der Waals surface area contributed by atoms with Crippen molar-refractivity contribution in [1.82, 2.24) is 10.2 Å². The zero-order valence-electron chi connectivity index (χ0n) is 9.32. The molecule has 0 heterocycles. The number of carbonyl (C=O) groups excluding carboxylic acids is 1. The van der Waals surface area contributed by atoms with Crippen molar-refractivity contribution >= 4 is 12.0 Å². The third kappa shape index (κ3) is 2.87. The van der Waals surface area contributed by atoms with Crippen LogP contribution in [0.3, 0.4) is 0 Å². The lowest BCUT2D eigenvalue weighted by Crippen LogP contribution is -2.47. The van der Waals surface area contributed by atoms with Crippen molar-refractivity contribution < 1.29 is 14.7 Å². The van der Waals surface area contributed by atoms with Gasteiger partial charge >= 0.3 is 12.0 Å². The van der Waals surface area contributed by atoms with E-state index in [0.717, 1.165) is 38.5 Å². The Hall–Kier alpha value is -1.26. The SMILES string of the molecule is O=C(O)CN(C(=O)NC1CCCC1)C1CC1. The van der Waals surface area contributed by atoms with Crippen molar-refractivity contribution in [2.24, 2.45) is 0 Å². The van der Waals surface area contributed by atoms with E-state index >= 15 is 0 Å². The van der Waals surface area contributed by atoms with Crippen LogP contribution in [0.15, 0.2) is 0 Å². The number of hydrogen-bond acceptors (Lipinski definition) is 2. The summed E-state index contributed by atoms with van der Waals surface area (Å²) in [5.74, 6) is -0.937. The van der Waals surface area contributed by atoms with E-state index in [1.807, 2.05) is 0 Å². The van der Waals surface area contributed by atoms with Crippen LogP contribution < -0.4 is 5.32 Å². The van der Waals surface area contributed by atoms with Gasteiger partial charge in [0.25, 0.3) is 0 Å². The number of aliphatic carboxylic acids is 1. The van der Waals surface area contributed by atoms with Crippen molar-refractivity contribution in [3.8, 4) is 0 Å². The predicted octanol–water partition coefficient (Wildman–Crippen LogP) is 1.19. The number of urea groups is 1. The molecule has 90 valence electrons. The number of hydrogen-bond donors (Lipinski definition) is 2. The highest BCUT2D eigenvalue weighted by molar-refractivity contribution is 5.80. The molecule has 0 saturated heterocycles. The number of nitrogens with one attached hydrogen (secondary N) is 1. The molecule has 2 fully saturated rings. The average Bonchev–Trinajstić information content (AvgIpc) is 2.94. The molecule has 2 rings (SSSR count). The van der Waals surface area contributed by atoms with Gasteiger partial charge in [0.1, 0.15) is 6.54 Å². The van der Waals surface area contributed by atoms with Gasteiger partial charge in [-0.25, -0.2) is 4.79 Å². The first-order valence-corrected chi connectivity index (χ1v) is 5.96. The van der Waals surface area contributed by atoms with Crippen LogP contribution >= 0.6 is 0 Å². The van der Waals surface area contributed by atoms with Crippen LogP contribution in [0.2, 0.25) is 0 Å². The molecule has 2 amide bonds. The van der Waals surface area contributed by atoms with Crippen molar-refractivity contribution in [2.45, 2.75) is 50.6 Å². The Morgan fingerprint density at radius 3 is 2.31 bits per heavy atom. The third-order valence-corrected chi connectivity index (χ3v) is 3.24. The highest BCUT2D eigenvalue weighted by atomic mass is 16.4. The van der Waals surface area contributed by atoms with Crippen LogP contribution in [0.5, 0.6) is 0 Å². The van der Waals surface area contributed by atoms with Gasteiger partial charge in [0.2, 0.25) is 0 Å². The Kier molecular flexibility index (Phi) is 3.31. The molecular formula is C11H18N2O3. The summed E-state index contributed by atoms with van der Waals surface area (Å²) < 4.78 is 0. The van der Waals surface area contributed by atoms with Crippen molar-refractivity contribution in [3.05, 3.63) is 0 Å². The normalized spacial score (nSPS) is 20.8. The summed E-state index contributed by atoms with van der Waals surface area (Å²) in [7, 11) is 0. The second-order valence-electron chi connectivity index (χ2n) is 4.68. The minimum Gasteiger partial charge on any atom is -0.480 e. The summed E-state index contributed by atoms with van der Waals surface area (Å²) in [6.45, 7) is -0.177. The molecule has 2 aliphatic rings. The van der Waals surface area contributed by atoms with E-state index in [4.69, 9.17) is 5.11 Å². The molecule has 0 aliphatic heterocycles. The fourth-order valence-electron chi connectivity index (χ4n) is 2.23. The molecule has 2 N–H and O–H groups in total. The van der Waals surface area contributed by atoms with Gasteiger partial charge in [-0.1, -0.05) is 12.8 Å². The molecule has 2 aliphatic carbocycles. The first-order valence-electron chi connectivity index (χ1n) is 5.96. The summed E-state index contributed by atoms with van der Waals surface area (Å²) in [6.07, 6.45) is 6.24. The Balaban J connectivity index is 1.85. The standard InChI is InChI=1S/C11H18N2O3/c14-10(15)7-13(9-5-6-9)11(16)12-8-3-1-2-4-8/h8-9H,1-7H2,(H,12,16)(H,14,15). The molecule has 0 atom stereocenters. The summed E-state index contributed by atoms with van der Waals surface area (Å²) in [4.78, 5) is 24.0. The van der Waals surface area contributed by atoms with Gasteiger partial charge < -0.3 is 15.3 Å². The highest BCUT2D eigenvalue weighted by Crippen LogP contribution is 2.27. The van der Waals surface area contributed by atoms with E-state index in [0.29, 0.717) is 0 Å². The topological polar surface area (TPSA) is 69.6 Å². The van der Waals surface area contributed by atoms with E-state index in [1.165, 1.54) is 4.90 Å². The van der Waals surface area contributed by atoms with Gasteiger partial charge in [0.05, 0.1) is 0 Å². The molecule has 0 aromatic heterocycles. The highest BCUT2D eigenvalue weighted by Gasteiger charge is 2.34. The molecule has 2 saturated carbocycles. The van der Waals surface area contributed by atoms with Crippen LogP contribution in [-0.4, -0.2) is 40.6 Å². The van der Waals surface area contributed by atoms with Gasteiger partial charge in [-0.2, -0.15) is 0 Å². The lowest BCUT2D eigenvalue weighted by molar-refractivity contribution is -0.137. The quantitative estimate of drug-likeness (QED) is 0.756. The Bertz CT molecular complexity index is 283. The smallest absolute Gasteiger partial charge is 0.323 e. The maximum absolute atomic E-state index is 11.9. The van der Waals surface area contributed by atoms with Crippen LogP contribution in [0, 0.1) is 0 Å². The average molecular weight is 226 g/mol. The molecule has 0 radical (unpaired) electrons. The second-order valence-corrected chi connectivity index (χ2v) is 4.68. The molecule has 5 heteroatoms. The van der Waals surface area contributed by atoms with Gasteiger partial charge in [0, 0.05) is 12.1 Å². The van der Waals surface area contributed by atoms with Gasteiger partial charge in [0.15, 0.2) is 0 Å². The third-order valence-electron chi connectivity index (χ3n) is 3.24. The molecule has 0 aromatic rings. The fraction of sp³-hybridized carbons (Fsp3) is 0.818. The van der Waals surface area contributed by atoms with E-state index in [1.54, 1.807) is 0 Å². The van der Waals surface area contributed by atoms with Crippen LogP contribution in [-0.2, 0) is 4.79 Å². The molecule has 16 heavy (non-hydrogen) atoms. The number of carboxylic acid groups (broad SMARTS) is 1. The molecular weight excluding hydrogens is 208 g/mol. The molecule has 0 aromatic carbocycles. The van der Waals surface area contributed by atoms with E-state index in [2.05, 4.69) is 5.32 Å². The summed E-state index contributed by atoms with van der Waals surface area (Å²) >= 11 is 0. The van der Waals surface area contributed by atoms with Gasteiger partial charge in [-0.15, -0.1) is 0 Å². The lowest BCUT2D eigenvalue weighted by Gasteiger charge is -2.23. The second kappa shape index (κ2) is 4.72. The van der Waals surface area contributed by atoms with E-state index in [-0.39, 0.29) is 24.7 Å². The van der Waals surface area contributed by atoms with Crippen molar-refractivity contribution in [3.63, 3.8) is 0 Å². The van der Waals surface area contributed by atoms with Crippen molar-refractivity contribution in [2.75, 3.05) is 6.54 Å². The lowest BCUT2D eigenvalue weighted by atomic mass is 10.2. The molecule has 0 unspecified atom stereocenters. The number of carboxylic acids is 1. The Morgan fingerprint density at radius 2 is 1.81 bits per heavy atom. The zero-order valence-corrected chi connectivity index (χ0v) is 9.32. The van der Waals surface area contributed by atoms with E-state index in [9.17, 15) is 9.59 Å². The number of amides is 2. The largest absolute Gasteiger partial charge is 0.480 e. The minimum atomic E-state index is -0.937. The summed E-state index contributed by atoms with van der Waals surface area (Å²) in [5.41, 5.74) is 0. The first kappa shape index (κ1) is 11.2. The van der Waals surface area contributed by atoms with Crippen LogP contribution in [0.1, 0.15) is 38.5 Å². The first-order chi connectivity index (χ1) is 7.66. The maximum atomic E-state index is 11.9.